The molecule has 0 saturated carbocycles. The van der Waals surface area contributed by atoms with Crippen LogP contribution in [0, 0.1) is 18.3 Å². The monoisotopic (exact) mass is 378 g/mol. The summed E-state index contributed by atoms with van der Waals surface area (Å²) in [5.41, 5.74) is 1.89. The van der Waals surface area contributed by atoms with Crippen LogP contribution in [0.25, 0.3) is 0 Å². The lowest BCUT2D eigenvalue weighted by Crippen LogP contribution is -2.32. The predicted octanol–water partition coefficient (Wildman–Crippen LogP) is 4.82. The van der Waals surface area contributed by atoms with E-state index in [1.54, 1.807) is 24.3 Å². The van der Waals surface area contributed by atoms with Crippen molar-refractivity contribution >= 4 is 15.9 Å². The van der Waals surface area contributed by atoms with E-state index in [-0.39, 0.29) is 23.2 Å². The lowest BCUT2D eigenvalue weighted by molar-refractivity contribution is -0.121. The van der Waals surface area contributed by atoms with Crippen LogP contribution in [0.15, 0.2) is 40.8 Å². The minimum Gasteiger partial charge on any atom is -0.300 e. The summed E-state index contributed by atoms with van der Waals surface area (Å²) in [4.78, 5) is 12.4. The Hall–Kier alpha value is -1.46. The fourth-order valence-corrected chi connectivity index (χ4v) is 4.31. The highest BCUT2D eigenvalue weighted by Gasteiger charge is 2.33. The molecule has 0 radical (unpaired) electrons. The zero-order chi connectivity index (χ0) is 19.4. The van der Waals surface area contributed by atoms with Gasteiger partial charge in [0.1, 0.15) is 5.78 Å². The third kappa shape index (κ3) is 5.78. The predicted molar refractivity (Wildman–Crippen MR) is 103 cm³/mol. The number of hydrogen-bond acceptors (Lipinski definition) is 4. The van der Waals surface area contributed by atoms with Gasteiger partial charge in [0.2, 0.25) is 0 Å². The van der Waals surface area contributed by atoms with Gasteiger partial charge in [-0.2, -0.15) is 8.42 Å². The van der Waals surface area contributed by atoms with E-state index in [4.69, 9.17) is 4.18 Å². The fraction of sp³-hybridized carbons (Fsp3) is 0.571. The standard InChI is InChI=1S/C21H30O4S/c1-16-6-5-7-19(22)14-18(11-8-16)21(3,4)15-25-26(23,24)20-12-9-17(2)10-13-20/h6,9-10,12-13,18H,5,7-8,11,14-15H2,1-4H3/b16-6+/t18-/m1/s1. The van der Waals surface area contributed by atoms with Crippen molar-refractivity contribution in [3.8, 4) is 0 Å². The molecule has 0 saturated heterocycles. The van der Waals surface area contributed by atoms with Crippen LogP contribution in [0.1, 0.15) is 58.4 Å². The van der Waals surface area contributed by atoms with Crippen LogP contribution in [-0.2, 0) is 19.1 Å². The molecule has 1 aromatic carbocycles. The molecular weight excluding hydrogens is 348 g/mol. The number of Topliss-reactive ketones (excluding diaryl/α,β-unsaturated/α-hetero) is 1. The Balaban J connectivity index is 2.09. The number of rotatable bonds is 5. The average molecular weight is 379 g/mol. The van der Waals surface area contributed by atoms with Gasteiger partial charge in [-0.25, -0.2) is 0 Å². The van der Waals surface area contributed by atoms with Crippen LogP contribution >= 0.6 is 0 Å². The van der Waals surface area contributed by atoms with Gasteiger partial charge in [0.15, 0.2) is 0 Å². The molecule has 4 nitrogen and oxygen atoms in total. The molecular formula is C21H30O4S. The van der Waals surface area contributed by atoms with E-state index >= 15 is 0 Å². The molecule has 0 aliphatic heterocycles. The van der Waals surface area contributed by atoms with E-state index in [2.05, 4.69) is 13.0 Å². The molecule has 0 spiro atoms. The van der Waals surface area contributed by atoms with E-state index in [0.717, 1.165) is 24.8 Å². The number of carbonyl (C=O) groups is 1. The van der Waals surface area contributed by atoms with Crippen molar-refractivity contribution < 1.29 is 17.4 Å². The Morgan fingerprint density at radius 2 is 1.77 bits per heavy atom. The summed E-state index contributed by atoms with van der Waals surface area (Å²) in [6.07, 6.45) is 5.80. The molecule has 26 heavy (non-hydrogen) atoms. The first-order chi connectivity index (χ1) is 12.1. The maximum absolute atomic E-state index is 12.5. The second-order valence-corrected chi connectivity index (χ2v) is 9.70. The zero-order valence-corrected chi connectivity index (χ0v) is 17.1. The summed E-state index contributed by atoms with van der Waals surface area (Å²) >= 11 is 0. The van der Waals surface area contributed by atoms with Gasteiger partial charge in [0.25, 0.3) is 10.1 Å². The molecule has 2 rings (SSSR count). The van der Waals surface area contributed by atoms with Crippen LogP contribution < -0.4 is 0 Å². The average Bonchev–Trinajstić information content (AvgIpc) is 2.65. The highest BCUT2D eigenvalue weighted by atomic mass is 32.2. The SMILES string of the molecule is C/C1=C\CCC(=O)C[C@H](C(C)(C)COS(=O)(=O)c2ccc(C)cc2)CC1. The minimum absolute atomic E-state index is 0.0733. The Morgan fingerprint density at radius 1 is 1.12 bits per heavy atom. The summed E-state index contributed by atoms with van der Waals surface area (Å²) < 4.78 is 30.3. The largest absolute Gasteiger partial charge is 0.300 e. The van der Waals surface area contributed by atoms with Crippen molar-refractivity contribution in [1.82, 2.24) is 0 Å². The Labute approximate surface area is 157 Å². The summed E-state index contributed by atoms with van der Waals surface area (Å²) in [5, 5.41) is 0. The summed E-state index contributed by atoms with van der Waals surface area (Å²) in [5.74, 6) is 0.347. The van der Waals surface area contributed by atoms with Crippen LogP contribution in [-0.4, -0.2) is 20.8 Å². The van der Waals surface area contributed by atoms with Gasteiger partial charge in [-0.3, -0.25) is 8.98 Å². The fourth-order valence-electron chi connectivity index (χ4n) is 3.25. The van der Waals surface area contributed by atoms with Crippen LogP contribution in [0.4, 0.5) is 0 Å². The molecule has 1 aliphatic rings. The van der Waals surface area contributed by atoms with E-state index in [1.807, 2.05) is 20.8 Å². The molecule has 144 valence electrons. The third-order valence-corrected chi connectivity index (χ3v) is 6.56. The molecule has 0 bridgehead atoms. The summed E-state index contributed by atoms with van der Waals surface area (Å²) in [7, 11) is -3.79. The lowest BCUT2D eigenvalue weighted by atomic mass is 9.74. The Kier molecular flexibility index (Phi) is 6.80. The Morgan fingerprint density at radius 3 is 2.42 bits per heavy atom. The first-order valence-electron chi connectivity index (χ1n) is 9.23. The molecule has 0 amide bonds. The van der Waals surface area contributed by atoms with Crippen molar-refractivity contribution in [2.45, 2.75) is 64.7 Å². The maximum atomic E-state index is 12.5. The second kappa shape index (κ2) is 8.49. The normalized spacial score (nSPS) is 22.1. The number of benzene rings is 1. The molecule has 1 aromatic rings. The number of aryl methyl sites for hydroxylation is 1. The van der Waals surface area contributed by atoms with Crippen LogP contribution in [0.3, 0.4) is 0 Å². The van der Waals surface area contributed by atoms with Gasteiger partial charge >= 0.3 is 0 Å². The molecule has 5 heteroatoms. The minimum atomic E-state index is -3.79. The summed E-state index contributed by atoms with van der Waals surface area (Å²) in [6, 6.07) is 6.64. The lowest BCUT2D eigenvalue weighted by Gasteiger charge is -2.33. The summed E-state index contributed by atoms with van der Waals surface area (Å²) in [6.45, 7) is 8.06. The molecule has 0 heterocycles. The molecule has 0 unspecified atom stereocenters. The maximum Gasteiger partial charge on any atom is 0.296 e. The van der Waals surface area contributed by atoms with E-state index in [0.29, 0.717) is 12.8 Å². The van der Waals surface area contributed by atoms with Crippen molar-refractivity contribution in [1.29, 1.82) is 0 Å². The number of carbonyl (C=O) groups excluding carboxylic acids is 1. The third-order valence-electron chi connectivity index (χ3n) is 5.28. The van der Waals surface area contributed by atoms with Crippen molar-refractivity contribution in [2.24, 2.45) is 11.3 Å². The van der Waals surface area contributed by atoms with Crippen LogP contribution in [0.2, 0.25) is 0 Å². The zero-order valence-electron chi connectivity index (χ0n) is 16.2. The molecule has 0 aromatic heterocycles. The first-order valence-corrected chi connectivity index (χ1v) is 10.6. The van der Waals surface area contributed by atoms with Crippen LogP contribution in [0.5, 0.6) is 0 Å². The smallest absolute Gasteiger partial charge is 0.296 e. The number of ketones is 1. The molecule has 0 N–H and O–H groups in total. The van der Waals surface area contributed by atoms with Crippen molar-refractivity contribution in [3.63, 3.8) is 0 Å². The molecule has 1 aliphatic carbocycles. The van der Waals surface area contributed by atoms with E-state index < -0.39 is 15.5 Å². The number of allylic oxidation sites excluding steroid dienone is 2. The first kappa shape index (κ1) is 20.8. The van der Waals surface area contributed by atoms with Crippen molar-refractivity contribution in [2.75, 3.05) is 6.61 Å². The van der Waals surface area contributed by atoms with Gasteiger partial charge in [0.05, 0.1) is 11.5 Å². The van der Waals surface area contributed by atoms with Gasteiger partial charge in [-0.1, -0.05) is 43.2 Å². The van der Waals surface area contributed by atoms with Gasteiger partial charge < -0.3 is 0 Å². The van der Waals surface area contributed by atoms with E-state index in [1.165, 1.54) is 5.57 Å². The van der Waals surface area contributed by atoms with Gasteiger partial charge in [-0.15, -0.1) is 0 Å². The van der Waals surface area contributed by atoms with Gasteiger partial charge in [0, 0.05) is 12.8 Å². The number of hydrogen-bond donors (Lipinski definition) is 0. The second-order valence-electron chi connectivity index (χ2n) is 8.09. The van der Waals surface area contributed by atoms with Crippen molar-refractivity contribution in [3.05, 3.63) is 41.5 Å². The van der Waals surface area contributed by atoms with Gasteiger partial charge in [-0.05, 0) is 56.6 Å². The highest BCUT2D eigenvalue weighted by molar-refractivity contribution is 7.86. The van der Waals surface area contributed by atoms with E-state index in [9.17, 15) is 13.2 Å². The molecule has 0 fully saturated rings. The molecule has 1 atom stereocenters. The topological polar surface area (TPSA) is 60.4 Å². The Bertz CT molecular complexity index is 758. The quantitative estimate of drug-likeness (QED) is 0.544. The highest BCUT2D eigenvalue weighted by Crippen LogP contribution is 2.36.